The Bertz CT molecular complexity index is 1090. The molecule has 1 aromatic heterocycles. The van der Waals surface area contributed by atoms with Crippen LogP contribution in [0.25, 0.3) is 0 Å². The molecule has 0 atom stereocenters. The molecule has 0 saturated carbocycles. The summed E-state index contributed by atoms with van der Waals surface area (Å²) >= 11 is 2.14. The van der Waals surface area contributed by atoms with Crippen LogP contribution < -0.4 is 9.47 Å². The molecule has 0 fully saturated rings. The number of ether oxygens (including phenoxy) is 2. The molecule has 2 aromatic carbocycles. The van der Waals surface area contributed by atoms with Crippen molar-refractivity contribution in [1.29, 1.82) is 5.26 Å². The van der Waals surface area contributed by atoms with E-state index in [2.05, 4.69) is 33.6 Å². The molecule has 0 amide bonds. The topological polar surface area (TPSA) is 72.2 Å². The van der Waals surface area contributed by atoms with Gasteiger partial charge < -0.3 is 9.47 Å². The lowest BCUT2D eigenvalue weighted by molar-refractivity contribution is 0.0932. The molecule has 0 aliphatic carbocycles. The van der Waals surface area contributed by atoms with Gasteiger partial charge in [-0.3, -0.25) is 4.79 Å². The molecule has 1 aliphatic rings. The van der Waals surface area contributed by atoms with Crippen LogP contribution in [0, 0.1) is 14.9 Å². The van der Waals surface area contributed by atoms with Crippen LogP contribution in [0.4, 0.5) is 0 Å². The number of nitriles is 1. The molecule has 0 bridgehead atoms. The molecule has 0 unspecified atom stereocenters. The molecule has 2 heterocycles. The number of hydrogen-bond donors (Lipinski definition) is 0. The first-order valence-electron chi connectivity index (χ1n) is 8.74. The van der Waals surface area contributed by atoms with Crippen molar-refractivity contribution in [2.75, 3.05) is 6.61 Å². The van der Waals surface area contributed by atoms with Gasteiger partial charge in [0.05, 0.1) is 27.4 Å². The van der Waals surface area contributed by atoms with Gasteiger partial charge in [-0.2, -0.15) is 5.26 Å². The summed E-state index contributed by atoms with van der Waals surface area (Å²) in [6, 6.07) is 17.0. The van der Waals surface area contributed by atoms with Crippen LogP contribution in [0.1, 0.15) is 33.5 Å². The Balaban J connectivity index is 1.55. The Morgan fingerprint density at radius 3 is 2.75 bits per heavy atom. The molecule has 6 heteroatoms. The number of pyridine rings is 1. The monoisotopic (exact) mass is 482 g/mol. The smallest absolute Gasteiger partial charge is 0.219 e. The van der Waals surface area contributed by atoms with E-state index in [9.17, 15) is 4.79 Å². The van der Waals surface area contributed by atoms with E-state index in [1.807, 2.05) is 36.4 Å². The number of ketones is 1. The lowest BCUT2D eigenvalue weighted by Crippen LogP contribution is -2.16. The molecule has 4 rings (SSSR count). The van der Waals surface area contributed by atoms with E-state index in [0.717, 1.165) is 14.7 Å². The van der Waals surface area contributed by atoms with Crippen LogP contribution in [0.3, 0.4) is 0 Å². The van der Waals surface area contributed by atoms with Crippen LogP contribution in [0.5, 0.6) is 17.4 Å². The van der Waals surface area contributed by atoms with E-state index in [1.165, 1.54) is 0 Å². The number of carbonyl (C=O) groups is 1. The van der Waals surface area contributed by atoms with Crippen LogP contribution in [-0.4, -0.2) is 17.4 Å². The van der Waals surface area contributed by atoms with Crippen LogP contribution >= 0.6 is 22.6 Å². The van der Waals surface area contributed by atoms with Gasteiger partial charge in [-0.1, -0.05) is 12.1 Å². The number of Topliss-reactive ketones (excluding diaryl/α,β-unsaturated/α-hetero) is 1. The highest BCUT2D eigenvalue weighted by atomic mass is 127. The molecule has 0 saturated heterocycles. The number of carbonyl (C=O) groups excluding carboxylic acids is 1. The van der Waals surface area contributed by atoms with Crippen LogP contribution in [-0.2, 0) is 6.42 Å². The molecular weight excluding hydrogens is 467 g/mol. The number of halogens is 1. The highest BCUT2D eigenvalue weighted by molar-refractivity contribution is 14.1. The lowest BCUT2D eigenvalue weighted by atomic mass is 10.0. The van der Waals surface area contributed by atoms with Crippen molar-refractivity contribution in [2.45, 2.75) is 12.8 Å². The van der Waals surface area contributed by atoms with Gasteiger partial charge in [0.2, 0.25) is 5.88 Å². The number of nitrogens with zero attached hydrogens (tertiary/aromatic N) is 2. The van der Waals surface area contributed by atoms with E-state index >= 15 is 0 Å². The van der Waals surface area contributed by atoms with Crippen molar-refractivity contribution in [2.24, 2.45) is 0 Å². The first-order chi connectivity index (χ1) is 13.6. The van der Waals surface area contributed by atoms with E-state index in [-0.39, 0.29) is 5.78 Å². The van der Waals surface area contributed by atoms with E-state index in [0.29, 0.717) is 48.0 Å². The maximum absolute atomic E-state index is 12.0. The number of benzene rings is 2. The Labute approximate surface area is 176 Å². The third-order valence-corrected chi connectivity index (χ3v) is 5.46. The summed E-state index contributed by atoms with van der Waals surface area (Å²) in [6.07, 6.45) is 2.82. The maximum Gasteiger partial charge on any atom is 0.219 e. The van der Waals surface area contributed by atoms with Crippen molar-refractivity contribution in [3.63, 3.8) is 0 Å². The number of aromatic nitrogens is 1. The predicted molar refractivity (Wildman–Crippen MR) is 112 cm³/mol. The van der Waals surface area contributed by atoms with Gasteiger partial charge >= 0.3 is 0 Å². The summed E-state index contributed by atoms with van der Waals surface area (Å²) in [6.45, 7) is 0.392. The van der Waals surface area contributed by atoms with Crippen molar-refractivity contribution in [1.82, 2.24) is 4.98 Å². The number of hydrogen-bond acceptors (Lipinski definition) is 5. The number of fused-ring (bicyclic) bond motifs is 1. The quantitative estimate of drug-likeness (QED) is 0.495. The van der Waals surface area contributed by atoms with Crippen LogP contribution in [0.2, 0.25) is 0 Å². The number of rotatable bonds is 4. The second kappa shape index (κ2) is 7.98. The summed E-state index contributed by atoms with van der Waals surface area (Å²) in [5, 5.41) is 8.90. The van der Waals surface area contributed by atoms with Gasteiger partial charge in [-0.25, -0.2) is 4.98 Å². The summed E-state index contributed by atoms with van der Waals surface area (Å²) in [5.41, 5.74) is 3.40. The summed E-state index contributed by atoms with van der Waals surface area (Å²) in [5.74, 6) is 1.76. The fourth-order valence-corrected chi connectivity index (χ4v) is 3.76. The van der Waals surface area contributed by atoms with Crippen molar-refractivity contribution < 1.29 is 14.3 Å². The Morgan fingerprint density at radius 1 is 1.14 bits per heavy atom. The highest BCUT2D eigenvalue weighted by Gasteiger charge is 2.23. The second-order valence-corrected chi connectivity index (χ2v) is 7.44. The molecule has 0 radical (unpaired) electrons. The minimum absolute atomic E-state index is 0.0910. The largest absolute Gasteiger partial charge is 0.491 e. The van der Waals surface area contributed by atoms with Crippen molar-refractivity contribution >= 4 is 28.4 Å². The van der Waals surface area contributed by atoms with E-state index in [1.54, 1.807) is 18.3 Å². The third kappa shape index (κ3) is 3.85. The molecular formula is C22H15IN2O3. The summed E-state index contributed by atoms with van der Waals surface area (Å²) < 4.78 is 12.4. The summed E-state index contributed by atoms with van der Waals surface area (Å²) in [7, 11) is 0. The first-order valence-corrected chi connectivity index (χ1v) is 9.82. The molecule has 138 valence electrons. The van der Waals surface area contributed by atoms with Gasteiger partial charge in [0.1, 0.15) is 11.5 Å². The fraction of sp³-hybridized carbons (Fsp3) is 0.136. The van der Waals surface area contributed by atoms with Gasteiger partial charge in [0.25, 0.3) is 0 Å². The zero-order valence-electron chi connectivity index (χ0n) is 14.8. The SMILES string of the molecule is N#Cc1ccc(Cc2ccnc(Oc3ccc4c(c3I)OCCC4=O)c2)cc1. The van der Waals surface area contributed by atoms with Gasteiger partial charge in [0, 0.05) is 18.7 Å². The van der Waals surface area contributed by atoms with Crippen LogP contribution in [0.15, 0.2) is 54.7 Å². The molecule has 3 aromatic rings. The average molecular weight is 482 g/mol. The zero-order valence-corrected chi connectivity index (χ0v) is 17.0. The van der Waals surface area contributed by atoms with Crippen molar-refractivity contribution in [3.05, 3.63) is 80.6 Å². The normalized spacial score (nSPS) is 12.6. The second-order valence-electron chi connectivity index (χ2n) is 6.37. The van der Waals surface area contributed by atoms with Gasteiger partial charge in [0.15, 0.2) is 5.78 Å². The molecule has 1 aliphatic heterocycles. The standard InChI is InChI=1S/C22H15IN2O3/c23-21-19(6-5-17-18(26)8-10-27-22(17)21)28-20-12-16(7-9-25-20)11-14-1-3-15(13-24)4-2-14/h1-7,9,12H,8,10-11H2. The fourth-order valence-electron chi connectivity index (χ4n) is 3.02. The zero-order chi connectivity index (χ0) is 19.5. The Kier molecular flexibility index (Phi) is 5.26. The minimum Gasteiger partial charge on any atom is -0.491 e. The maximum atomic E-state index is 12.0. The molecule has 28 heavy (non-hydrogen) atoms. The Hall–Kier alpha value is -2.92. The predicted octanol–water partition coefficient (Wildman–Crippen LogP) is 4.91. The first kappa shape index (κ1) is 18.4. The summed E-state index contributed by atoms with van der Waals surface area (Å²) in [4.78, 5) is 16.3. The van der Waals surface area contributed by atoms with E-state index in [4.69, 9.17) is 14.7 Å². The molecule has 0 spiro atoms. The average Bonchev–Trinajstić information content (AvgIpc) is 2.71. The third-order valence-electron chi connectivity index (χ3n) is 4.44. The molecule has 5 nitrogen and oxygen atoms in total. The lowest BCUT2D eigenvalue weighted by Gasteiger charge is -2.19. The molecule has 0 N–H and O–H groups in total. The van der Waals surface area contributed by atoms with Crippen molar-refractivity contribution in [3.8, 4) is 23.4 Å². The van der Waals surface area contributed by atoms with Gasteiger partial charge in [-0.15, -0.1) is 0 Å². The highest BCUT2D eigenvalue weighted by Crippen LogP contribution is 2.38. The van der Waals surface area contributed by atoms with E-state index < -0.39 is 0 Å². The van der Waals surface area contributed by atoms with Gasteiger partial charge in [-0.05, 0) is 70.5 Å². The Morgan fingerprint density at radius 2 is 1.96 bits per heavy atom. The minimum atomic E-state index is 0.0910.